The monoisotopic (exact) mass is 605 g/mol. The SMILES string of the molecule is CC(C)(C)OC(=O)N[C@H](COS(C)(=O)=O)CC1CCCCC1.CNC[C@H](CC1CCCCC1)NC(=O)OC(C)(C)C. The molecule has 242 valence electrons. The summed E-state index contributed by atoms with van der Waals surface area (Å²) in [5.74, 6) is 1.25. The molecular formula is C30H59N3O7S. The average molecular weight is 606 g/mol. The van der Waals surface area contributed by atoms with Crippen LogP contribution in [0.25, 0.3) is 0 Å². The van der Waals surface area contributed by atoms with E-state index in [1.54, 1.807) is 20.8 Å². The summed E-state index contributed by atoms with van der Waals surface area (Å²) in [5.41, 5.74) is -1.02. The van der Waals surface area contributed by atoms with Crippen LogP contribution in [0.3, 0.4) is 0 Å². The van der Waals surface area contributed by atoms with E-state index in [-0.39, 0.29) is 24.8 Å². The Labute approximate surface area is 249 Å². The number of likely N-dealkylation sites (N-methyl/N-ethyl adjacent to an activating group) is 1. The van der Waals surface area contributed by atoms with Crippen LogP contribution in [0.15, 0.2) is 0 Å². The first-order valence-electron chi connectivity index (χ1n) is 15.4. The van der Waals surface area contributed by atoms with Crippen molar-refractivity contribution >= 4 is 22.3 Å². The molecule has 2 aliphatic carbocycles. The van der Waals surface area contributed by atoms with Gasteiger partial charge in [-0.25, -0.2) is 9.59 Å². The number of amides is 2. The highest BCUT2D eigenvalue weighted by atomic mass is 32.2. The molecule has 2 amide bonds. The Bertz CT molecular complexity index is 856. The summed E-state index contributed by atoms with van der Waals surface area (Å²) in [6.45, 7) is 11.8. The lowest BCUT2D eigenvalue weighted by Crippen LogP contribution is -2.44. The zero-order chi connectivity index (χ0) is 31.1. The van der Waals surface area contributed by atoms with Gasteiger partial charge in [0, 0.05) is 12.6 Å². The summed E-state index contributed by atoms with van der Waals surface area (Å²) >= 11 is 0. The summed E-state index contributed by atoms with van der Waals surface area (Å²) in [6, 6.07) is -0.185. The molecule has 2 fully saturated rings. The van der Waals surface area contributed by atoms with Gasteiger partial charge in [0.1, 0.15) is 11.2 Å². The van der Waals surface area contributed by atoms with Crippen molar-refractivity contribution in [2.75, 3.05) is 26.5 Å². The molecule has 0 spiro atoms. The van der Waals surface area contributed by atoms with Gasteiger partial charge in [-0.15, -0.1) is 0 Å². The number of alkyl carbamates (subject to hydrolysis) is 2. The van der Waals surface area contributed by atoms with Crippen LogP contribution in [0.4, 0.5) is 9.59 Å². The van der Waals surface area contributed by atoms with Gasteiger partial charge in [0.05, 0.1) is 18.9 Å². The highest BCUT2D eigenvalue weighted by Gasteiger charge is 2.25. The quantitative estimate of drug-likeness (QED) is 0.248. The highest BCUT2D eigenvalue weighted by molar-refractivity contribution is 7.85. The van der Waals surface area contributed by atoms with Crippen molar-refractivity contribution in [2.24, 2.45) is 11.8 Å². The minimum atomic E-state index is -3.52. The van der Waals surface area contributed by atoms with E-state index < -0.39 is 27.4 Å². The Morgan fingerprint density at radius 1 is 0.732 bits per heavy atom. The second-order valence-electron chi connectivity index (χ2n) is 13.7. The Hall–Kier alpha value is -1.59. The van der Waals surface area contributed by atoms with Gasteiger partial charge in [-0.05, 0) is 73.3 Å². The molecular weight excluding hydrogens is 546 g/mol. The number of carbonyl (C=O) groups is 2. The summed E-state index contributed by atoms with van der Waals surface area (Å²) in [7, 11) is -1.60. The smallest absolute Gasteiger partial charge is 0.407 e. The van der Waals surface area contributed by atoms with E-state index in [1.807, 2.05) is 27.8 Å². The molecule has 0 unspecified atom stereocenters. The maximum absolute atomic E-state index is 11.9. The lowest BCUT2D eigenvalue weighted by atomic mass is 9.85. The van der Waals surface area contributed by atoms with E-state index in [0.717, 1.165) is 44.4 Å². The van der Waals surface area contributed by atoms with Crippen molar-refractivity contribution in [3.8, 4) is 0 Å². The molecule has 0 heterocycles. The number of rotatable bonds is 11. The van der Waals surface area contributed by atoms with Crippen molar-refractivity contribution in [3.05, 3.63) is 0 Å². The molecule has 0 aromatic rings. The predicted octanol–water partition coefficient (Wildman–Crippen LogP) is 5.90. The number of nitrogens with one attached hydrogen (secondary N) is 3. The molecule has 41 heavy (non-hydrogen) atoms. The van der Waals surface area contributed by atoms with Gasteiger partial charge < -0.3 is 25.4 Å². The normalized spacial score (nSPS) is 18.8. The summed E-state index contributed by atoms with van der Waals surface area (Å²) in [5, 5.41) is 8.90. The number of carbonyl (C=O) groups excluding carboxylic acids is 2. The number of ether oxygens (including phenoxy) is 2. The highest BCUT2D eigenvalue weighted by Crippen LogP contribution is 2.28. The fourth-order valence-corrected chi connectivity index (χ4v) is 5.82. The maximum atomic E-state index is 11.9. The Kier molecular flexibility index (Phi) is 16.6. The number of hydrogen-bond acceptors (Lipinski definition) is 8. The molecule has 2 rings (SSSR count). The molecule has 10 nitrogen and oxygen atoms in total. The van der Waals surface area contributed by atoms with E-state index in [4.69, 9.17) is 13.7 Å². The topological polar surface area (TPSA) is 132 Å². The van der Waals surface area contributed by atoms with Crippen LogP contribution in [0.2, 0.25) is 0 Å². The predicted molar refractivity (Wildman–Crippen MR) is 163 cm³/mol. The zero-order valence-corrected chi connectivity index (χ0v) is 27.8. The van der Waals surface area contributed by atoms with Gasteiger partial charge in [-0.2, -0.15) is 8.42 Å². The average Bonchev–Trinajstić information content (AvgIpc) is 2.81. The van der Waals surface area contributed by atoms with Gasteiger partial charge in [0.2, 0.25) is 0 Å². The summed E-state index contributed by atoms with van der Waals surface area (Å²) < 4.78 is 37.8. The third-order valence-corrected chi connectivity index (χ3v) is 7.62. The van der Waals surface area contributed by atoms with Crippen molar-refractivity contribution in [2.45, 2.75) is 142 Å². The van der Waals surface area contributed by atoms with Crippen LogP contribution >= 0.6 is 0 Å². The number of hydrogen-bond donors (Lipinski definition) is 3. The van der Waals surface area contributed by atoms with Gasteiger partial charge in [-0.1, -0.05) is 64.2 Å². The molecule has 0 aliphatic heterocycles. The van der Waals surface area contributed by atoms with Gasteiger partial charge in [0.15, 0.2) is 0 Å². The van der Waals surface area contributed by atoms with Gasteiger partial charge in [-0.3, -0.25) is 4.18 Å². The maximum Gasteiger partial charge on any atom is 0.407 e. The van der Waals surface area contributed by atoms with Crippen LogP contribution in [-0.2, 0) is 23.8 Å². The van der Waals surface area contributed by atoms with Crippen LogP contribution in [0.5, 0.6) is 0 Å². The van der Waals surface area contributed by atoms with Crippen LogP contribution in [-0.4, -0.2) is 70.3 Å². The zero-order valence-electron chi connectivity index (χ0n) is 27.0. The standard InChI is InChI=1S/C15H30N2O2.C15H29NO5S/c1-15(2,3)19-14(18)17-13(11-16-4)10-12-8-6-5-7-9-12;1-15(2,3)21-14(17)16-13(11-20-22(4,18)19)10-12-8-6-5-7-9-12/h12-13,16H,5-11H2,1-4H3,(H,17,18);12-13H,5-11H2,1-4H3,(H,16,17)/t2*13-/m00/s1. The second-order valence-corrected chi connectivity index (χ2v) is 15.4. The van der Waals surface area contributed by atoms with E-state index in [0.29, 0.717) is 5.92 Å². The van der Waals surface area contributed by atoms with Crippen LogP contribution < -0.4 is 16.0 Å². The Morgan fingerprint density at radius 2 is 1.12 bits per heavy atom. The summed E-state index contributed by atoms with van der Waals surface area (Å²) in [6.07, 6.45) is 14.5. The first-order valence-corrected chi connectivity index (χ1v) is 17.3. The molecule has 0 aromatic heterocycles. The summed E-state index contributed by atoms with van der Waals surface area (Å²) in [4.78, 5) is 23.7. The molecule has 2 atom stereocenters. The van der Waals surface area contributed by atoms with Gasteiger partial charge >= 0.3 is 12.2 Å². The molecule has 2 saturated carbocycles. The van der Waals surface area contributed by atoms with Gasteiger partial charge in [0.25, 0.3) is 10.1 Å². The Morgan fingerprint density at radius 3 is 1.49 bits per heavy atom. The Balaban J connectivity index is 0.000000414. The third kappa shape index (κ3) is 20.9. The minimum Gasteiger partial charge on any atom is -0.444 e. The van der Waals surface area contributed by atoms with Crippen molar-refractivity contribution in [1.82, 2.24) is 16.0 Å². The van der Waals surface area contributed by atoms with Crippen LogP contribution in [0, 0.1) is 11.8 Å². The lowest BCUT2D eigenvalue weighted by Gasteiger charge is -2.28. The van der Waals surface area contributed by atoms with Crippen molar-refractivity contribution in [1.29, 1.82) is 0 Å². The first kappa shape index (κ1) is 37.4. The van der Waals surface area contributed by atoms with Crippen molar-refractivity contribution in [3.63, 3.8) is 0 Å². The molecule has 0 bridgehead atoms. The van der Waals surface area contributed by atoms with E-state index in [2.05, 4.69) is 16.0 Å². The lowest BCUT2D eigenvalue weighted by molar-refractivity contribution is 0.0470. The fraction of sp³-hybridized carbons (Fsp3) is 0.933. The first-order chi connectivity index (χ1) is 19.0. The van der Waals surface area contributed by atoms with E-state index in [1.165, 1.54) is 51.4 Å². The third-order valence-electron chi connectivity index (χ3n) is 7.06. The fourth-order valence-electron chi connectivity index (χ4n) is 5.41. The van der Waals surface area contributed by atoms with E-state index in [9.17, 15) is 18.0 Å². The van der Waals surface area contributed by atoms with Crippen LogP contribution in [0.1, 0.15) is 119 Å². The van der Waals surface area contributed by atoms with Crippen molar-refractivity contribution < 1.29 is 31.7 Å². The molecule has 0 aromatic carbocycles. The minimum absolute atomic E-state index is 0.0470. The van der Waals surface area contributed by atoms with E-state index >= 15 is 0 Å². The molecule has 2 aliphatic rings. The largest absolute Gasteiger partial charge is 0.444 e. The molecule has 11 heteroatoms. The molecule has 0 saturated heterocycles. The molecule has 3 N–H and O–H groups in total. The second kappa shape index (κ2) is 18.2. The molecule has 0 radical (unpaired) electrons.